The third kappa shape index (κ3) is 3.06. The standard InChI is InChI=1S/C17H19N3O/c1-21-15-6-4-5-13(10-15)9-14(18)11-20-12-19-16-7-2-3-8-17(16)20/h2-8,10,12,14H,9,11,18H2,1H3. The molecular weight excluding hydrogens is 262 g/mol. The van der Waals surface area contributed by atoms with Gasteiger partial charge in [0.1, 0.15) is 5.75 Å². The van der Waals surface area contributed by atoms with Crippen LogP contribution in [0.3, 0.4) is 0 Å². The van der Waals surface area contributed by atoms with E-state index in [1.807, 2.05) is 42.7 Å². The van der Waals surface area contributed by atoms with E-state index in [1.165, 1.54) is 5.56 Å². The highest BCUT2D eigenvalue weighted by molar-refractivity contribution is 5.74. The van der Waals surface area contributed by atoms with Gasteiger partial charge in [0.2, 0.25) is 0 Å². The van der Waals surface area contributed by atoms with Crippen LogP contribution in [0, 0.1) is 0 Å². The zero-order valence-corrected chi connectivity index (χ0v) is 12.1. The summed E-state index contributed by atoms with van der Waals surface area (Å²) < 4.78 is 7.36. The smallest absolute Gasteiger partial charge is 0.119 e. The topological polar surface area (TPSA) is 53.1 Å². The SMILES string of the molecule is COc1cccc(CC(N)Cn2cnc3ccccc32)c1. The molecule has 0 aliphatic carbocycles. The monoisotopic (exact) mass is 281 g/mol. The lowest BCUT2D eigenvalue weighted by molar-refractivity contribution is 0.414. The minimum atomic E-state index is 0.0368. The van der Waals surface area contributed by atoms with Crippen LogP contribution in [0.5, 0.6) is 5.75 Å². The number of hydrogen-bond acceptors (Lipinski definition) is 3. The molecule has 0 radical (unpaired) electrons. The summed E-state index contributed by atoms with van der Waals surface area (Å²) in [6, 6.07) is 16.2. The molecule has 1 atom stereocenters. The lowest BCUT2D eigenvalue weighted by Gasteiger charge is -2.14. The number of hydrogen-bond donors (Lipinski definition) is 1. The minimum Gasteiger partial charge on any atom is -0.497 e. The summed E-state index contributed by atoms with van der Waals surface area (Å²) in [7, 11) is 1.68. The number of fused-ring (bicyclic) bond motifs is 1. The van der Waals surface area contributed by atoms with Crippen LogP contribution in [0.15, 0.2) is 54.9 Å². The summed E-state index contributed by atoms with van der Waals surface area (Å²) in [5.41, 5.74) is 9.61. The van der Waals surface area contributed by atoms with E-state index in [9.17, 15) is 0 Å². The van der Waals surface area contributed by atoms with Crippen molar-refractivity contribution in [2.24, 2.45) is 5.73 Å². The van der Waals surface area contributed by atoms with Gasteiger partial charge in [0.15, 0.2) is 0 Å². The van der Waals surface area contributed by atoms with E-state index in [0.29, 0.717) is 0 Å². The zero-order chi connectivity index (χ0) is 14.7. The lowest BCUT2D eigenvalue weighted by atomic mass is 10.1. The third-order valence-corrected chi connectivity index (χ3v) is 3.59. The van der Waals surface area contributed by atoms with Gasteiger partial charge in [-0.3, -0.25) is 0 Å². The number of para-hydroxylation sites is 2. The Hall–Kier alpha value is -2.33. The fraction of sp³-hybridized carbons (Fsp3) is 0.235. The van der Waals surface area contributed by atoms with Crippen molar-refractivity contribution in [1.29, 1.82) is 0 Å². The Bertz CT molecular complexity index is 735. The highest BCUT2D eigenvalue weighted by atomic mass is 16.5. The van der Waals surface area contributed by atoms with Crippen LogP contribution in [0.2, 0.25) is 0 Å². The summed E-state index contributed by atoms with van der Waals surface area (Å²) in [5.74, 6) is 0.868. The van der Waals surface area contributed by atoms with E-state index in [0.717, 1.165) is 29.7 Å². The predicted octanol–water partition coefficient (Wildman–Crippen LogP) is 2.61. The van der Waals surface area contributed by atoms with Crippen LogP contribution in [-0.4, -0.2) is 22.7 Å². The molecule has 2 N–H and O–H groups in total. The molecule has 1 unspecified atom stereocenters. The first-order valence-electron chi connectivity index (χ1n) is 7.04. The first-order chi connectivity index (χ1) is 10.3. The molecule has 0 spiro atoms. The molecule has 3 aromatic rings. The number of rotatable bonds is 5. The number of aromatic nitrogens is 2. The number of ether oxygens (including phenoxy) is 1. The molecule has 0 bridgehead atoms. The van der Waals surface area contributed by atoms with E-state index in [4.69, 9.17) is 10.5 Å². The molecule has 21 heavy (non-hydrogen) atoms. The number of benzene rings is 2. The van der Waals surface area contributed by atoms with Gasteiger partial charge in [0, 0.05) is 12.6 Å². The van der Waals surface area contributed by atoms with Gasteiger partial charge in [-0.25, -0.2) is 4.98 Å². The maximum atomic E-state index is 6.29. The van der Waals surface area contributed by atoms with Gasteiger partial charge in [-0.15, -0.1) is 0 Å². The largest absolute Gasteiger partial charge is 0.497 e. The summed E-state index contributed by atoms with van der Waals surface area (Å²) in [5, 5.41) is 0. The second kappa shape index (κ2) is 5.97. The summed E-state index contributed by atoms with van der Waals surface area (Å²) >= 11 is 0. The molecule has 1 aromatic heterocycles. The second-order valence-corrected chi connectivity index (χ2v) is 5.20. The lowest BCUT2D eigenvalue weighted by Crippen LogP contribution is -2.28. The van der Waals surface area contributed by atoms with Gasteiger partial charge in [-0.2, -0.15) is 0 Å². The molecule has 4 nitrogen and oxygen atoms in total. The Morgan fingerprint density at radius 2 is 2.05 bits per heavy atom. The summed E-state index contributed by atoms with van der Waals surface area (Å²) in [4.78, 5) is 4.39. The molecule has 3 rings (SSSR count). The highest BCUT2D eigenvalue weighted by Crippen LogP contribution is 2.16. The number of imidazole rings is 1. The molecule has 0 aliphatic heterocycles. The fourth-order valence-corrected chi connectivity index (χ4v) is 2.58. The zero-order valence-electron chi connectivity index (χ0n) is 12.1. The van der Waals surface area contributed by atoms with Crippen LogP contribution in [0.1, 0.15) is 5.56 Å². The van der Waals surface area contributed by atoms with E-state index in [1.54, 1.807) is 7.11 Å². The molecule has 0 saturated carbocycles. The molecule has 0 amide bonds. The van der Waals surface area contributed by atoms with Crippen molar-refractivity contribution in [3.05, 3.63) is 60.4 Å². The Kier molecular flexibility index (Phi) is 3.88. The van der Waals surface area contributed by atoms with E-state index < -0.39 is 0 Å². The maximum Gasteiger partial charge on any atom is 0.119 e. The van der Waals surface area contributed by atoms with Crippen LogP contribution < -0.4 is 10.5 Å². The number of nitrogens with zero attached hydrogens (tertiary/aromatic N) is 2. The fourth-order valence-electron chi connectivity index (χ4n) is 2.58. The Morgan fingerprint density at radius 1 is 1.19 bits per heavy atom. The normalized spacial score (nSPS) is 12.5. The highest BCUT2D eigenvalue weighted by Gasteiger charge is 2.08. The Labute approximate surface area is 124 Å². The summed E-state index contributed by atoms with van der Waals surface area (Å²) in [6.07, 6.45) is 2.67. The van der Waals surface area contributed by atoms with E-state index in [-0.39, 0.29) is 6.04 Å². The molecule has 1 heterocycles. The van der Waals surface area contributed by atoms with Crippen molar-refractivity contribution >= 4 is 11.0 Å². The van der Waals surface area contributed by atoms with E-state index >= 15 is 0 Å². The average molecular weight is 281 g/mol. The van der Waals surface area contributed by atoms with Crippen molar-refractivity contribution in [1.82, 2.24) is 9.55 Å². The molecular formula is C17H19N3O. The molecule has 0 fully saturated rings. The van der Waals surface area contributed by atoms with Crippen molar-refractivity contribution in [2.75, 3.05) is 7.11 Å². The van der Waals surface area contributed by atoms with Crippen molar-refractivity contribution in [3.8, 4) is 5.75 Å². The van der Waals surface area contributed by atoms with E-state index in [2.05, 4.69) is 21.7 Å². The average Bonchev–Trinajstić information content (AvgIpc) is 2.91. The minimum absolute atomic E-state index is 0.0368. The second-order valence-electron chi connectivity index (χ2n) is 5.20. The van der Waals surface area contributed by atoms with Crippen molar-refractivity contribution in [3.63, 3.8) is 0 Å². The van der Waals surface area contributed by atoms with Crippen molar-refractivity contribution < 1.29 is 4.74 Å². The van der Waals surface area contributed by atoms with Crippen LogP contribution in [0.25, 0.3) is 11.0 Å². The van der Waals surface area contributed by atoms with Crippen LogP contribution in [0.4, 0.5) is 0 Å². The molecule has 108 valence electrons. The quantitative estimate of drug-likeness (QED) is 0.782. The number of methoxy groups -OCH3 is 1. The van der Waals surface area contributed by atoms with Gasteiger partial charge >= 0.3 is 0 Å². The van der Waals surface area contributed by atoms with Gasteiger partial charge in [0.05, 0.1) is 24.5 Å². The summed E-state index contributed by atoms with van der Waals surface area (Å²) in [6.45, 7) is 0.748. The Morgan fingerprint density at radius 3 is 2.90 bits per heavy atom. The van der Waals surface area contributed by atoms with Gasteiger partial charge < -0.3 is 15.0 Å². The van der Waals surface area contributed by atoms with Crippen LogP contribution in [-0.2, 0) is 13.0 Å². The Balaban J connectivity index is 1.72. The predicted molar refractivity (Wildman–Crippen MR) is 84.4 cm³/mol. The number of nitrogens with two attached hydrogens (primary N) is 1. The van der Waals surface area contributed by atoms with Gasteiger partial charge in [-0.05, 0) is 36.2 Å². The molecule has 2 aromatic carbocycles. The van der Waals surface area contributed by atoms with Gasteiger partial charge in [-0.1, -0.05) is 24.3 Å². The molecule has 0 saturated heterocycles. The van der Waals surface area contributed by atoms with Gasteiger partial charge in [0.25, 0.3) is 0 Å². The molecule has 0 aliphatic rings. The van der Waals surface area contributed by atoms with Crippen molar-refractivity contribution in [2.45, 2.75) is 19.0 Å². The van der Waals surface area contributed by atoms with Crippen LogP contribution >= 0.6 is 0 Å². The first-order valence-corrected chi connectivity index (χ1v) is 7.04. The maximum absolute atomic E-state index is 6.29. The molecule has 4 heteroatoms. The first kappa shape index (κ1) is 13.6. The third-order valence-electron chi connectivity index (χ3n) is 3.59.